The molecule has 0 saturated carbocycles. The second-order valence-corrected chi connectivity index (χ2v) is 2.67. The van der Waals surface area contributed by atoms with Crippen LogP contribution in [-0.2, 0) is 9.47 Å². The molecule has 1 saturated heterocycles. The molecule has 1 aliphatic heterocycles. The van der Waals surface area contributed by atoms with Gasteiger partial charge in [0.1, 0.15) is 6.10 Å². The molecule has 1 aromatic rings. The molecule has 1 fully saturated rings. The first-order valence-corrected chi connectivity index (χ1v) is 4.09. The Hall–Kier alpha value is -0.930. The number of pyridine rings is 1. The molecule has 2 rings (SSSR count). The van der Waals surface area contributed by atoms with E-state index in [9.17, 15) is 0 Å². The first-order chi connectivity index (χ1) is 5.92. The Morgan fingerprint density at radius 3 is 3.25 bits per heavy atom. The number of hydrogen-bond donors (Lipinski definition) is 0. The van der Waals surface area contributed by atoms with E-state index in [0.717, 1.165) is 5.56 Å². The minimum absolute atomic E-state index is 0.0424. The predicted octanol–water partition coefficient (Wildman–Crippen LogP) is 1.52. The molecule has 64 valence electrons. The molecule has 2 atom stereocenters. The Bertz CT molecular complexity index is 250. The lowest BCUT2D eigenvalue weighted by Gasteiger charge is -1.93. The Morgan fingerprint density at radius 1 is 1.67 bits per heavy atom. The minimum Gasteiger partial charge on any atom is -0.350 e. The van der Waals surface area contributed by atoms with Crippen LogP contribution in [0.4, 0.5) is 0 Å². The molecule has 3 heteroatoms. The maximum absolute atomic E-state index is 5.28. The van der Waals surface area contributed by atoms with Crippen molar-refractivity contribution < 1.29 is 9.47 Å². The van der Waals surface area contributed by atoms with Crippen LogP contribution in [0.25, 0.3) is 0 Å². The van der Waals surface area contributed by atoms with Crippen molar-refractivity contribution in [2.24, 2.45) is 0 Å². The summed E-state index contributed by atoms with van der Waals surface area (Å²) in [4.78, 5) is 4.00. The topological polar surface area (TPSA) is 34.6 Å². The predicted molar refractivity (Wildman–Crippen MR) is 43.5 cm³/mol. The summed E-state index contributed by atoms with van der Waals surface area (Å²) in [5, 5.41) is 0. The Morgan fingerprint density at radius 2 is 2.58 bits per heavy atom. The summed E-state index contributed by atoms with van der Waals surface area (Å²) in [5.41, 5.74) is 1.09. The van der Waals surface area contributed by atoms with Gasteiger partial charge in [-0.2, -0.15) is 0 Å². The second kappa shape index (κ2) is 3.21. The van der Waals surface area contributed by atoms with E-state index in [1.54, 1.807) is 6.20 Å². The zero-order chi connectivity index (χ0) is 8.39. The number of rotatable bonds is 3. The highest BCUT2D eigenvalue weighted by Crippen LogP contribution is 2.38. The van der Waals surface area contributed by atoms with Gasteiger partial charge in [-0.3, -0.25) is 4.98 Å². The number of nitrogens with zero attached hydrogens (tertiary/aromatic N) is 1. The molecule has 2 unspecified atom stereocenters. The third kappa shape index (κ3) is 1.47. The smallest absolute Gasteiger partial charge is 0.189 e. The SMILES string of the molecule is CCOC1OC1c1cccnc1. The van der Waals surface area contributed by atoms with Gasteiger partial charge in [-0.15, -0.1) is 0 Å². The van der Waals surface area contributed by atoms with Gasteiger partial charge in [0.2, 0.25) is 0 Å². The summed E-state index contributed by atoms with van der Waals surface area (Å²) >= 11 is 0. The van der Waals surface area contributed by atoms with Gasteiger partial charge >= 0.3 is 0 Å². The monoisotopic (exact) mass is 165 g/mol. The number of aromatic nitrogens is 1. The third-order valence-corrected chi connectivity index (χ3v) is 1.80. The summed E-state index contributed by atoms with van der Waals surface area (Å²) in [6, 6.07) is 3.90. The minimum atomic E-state index is -0.0424. The van der Waals surface area contributed by atoms with Crippen molar-refractivity contribution in [3.63, 3.8) is 0 Å². The van der Waals surface area contributed by atoms with Crippen LogP contribution < -0.4 is 0 Å². The van der Waals surface area contributed by atoms with Crippen LogP contribution in [0.15, 0.2) is 24.5 Å². The maximum Gasteiger partial charge on any atom is 0.189 e. The lowest BCUT2D eigenvalue weighted by Crippen LogP contribution is -1.95. The number of epoxide rings is 1. The van der Waals surface area contributed by atoms with Crippen LogP contribution in [0.5, 0.6) is 0 Å². The summed E-state index contributed by atoms with van der Waals surface area (Å²) in [7, 11) is 0. The van der Waals surface area contributed by atoms with E-state index in [0.29, 0.717) is 6.61 Å². The van der Waals surface area contributed by atoms with Gasteiger partial charge in [0.05, 0.1) is 0 Å². The Kier molecular flexibility index (Phi) is 2.06. The molecule has 1 aliphatic rings. The van der Waals surface area contributed by atoms with E-state index in [2.05, 4.69) is 4.98 Å². The fourth-order valence-corrected chi connectivity index (χ4v) is 1.17. The van der Waals surface area contributed by atoms with Gasteiger partial charge < -0.3 is 9.47 Å². The van der Waals surface area contributed by atoms with Crippen LogP contribution in [0.3, 0.4) is 0 Å². The molecular formula is C9H11NO2. The van der Waals surface area contributed by atoms with Gasteiger partial charge in [-0.1, -0.05) is 6.07 Å². The van der Waals surface area contributed by atoms with Crippen LogP contribution in [0.1, 0.15) is 18.6 Å². The van der Waals surface area contributed by atoms with E-state index >= 15 is 0 Å². The zero-order valence-electron chi connectivity index (χ0n) is 6.93. The van der Waals surface area contributed by atoms with E-state index in [1.807, 2.05) is 25.3 Å². The average molecular weight is 165 g/mol. The normalized spacial score (nSPS) is 27.1. The van der Waals surface area contributed by atoms with Gasteiger partial charge in [0.25, 0.3) is 0 Å². The Labute approximate surface area is 71.3 Å². The van der Waals surface area contributed by atoms with Crippen molar-refractivity contribution in [2.45, 2.75) is 19.3 Å². The van der Waals surface area contributed by atoms with Crippen LogP contribution >= 0.6 is 0 Å². The molecule has 1 aromatic heterocycles. The van der Waals surface area contributed by atoms with Crippen molar-refractivity contribution in [1.82, 2.24) is 4.98 Å². The fourth-order valence-electron chi connectivity index (χ4n) is 1.17. The second-order valence-electron chi connectivity index (χ2n) is 2.67. The molecule has 0 aliphatic carbocycles. The summed E-state index contributed by atoms with van der Waals surface area (Å²) in [5.74, 6) is 0. The van der Waals surface area contributed by atoms with Gasteiger partial charge in [0, 0.05) is 24.6 Å². The summed E-state index contributed by atoms with van der Waals surface area (Å²) in [6.07, 6.45) is 3.63. The molecule has 0 N–H and O–H groups in total. The fraction of sp³-hybridized carbons (Fsp3) is 0.444. The number of hydrogen-bond acceptors (Lipinski definition) is 3. The van der Waals surface area contributed by atoms with Crippen molar-refractivity contribution in [3.05, 3.63) is 30.1 Å². The third-order valence-electron chi connectivity index (χ3n) is 1.80. The van der Waals surface area contributed by atoms with Gasteiger partial charge in [-0.05, 0) is 13.0 Å². The molecule has 2 heterocycles. The molecule has 0 amide bonds. The van der Waals surface area contributed by atoms with E-state index in [4.69, 9.17) is 9.47 Å². The lowest BCUT2D eigenvalue weighted by atomic mass is 10.2. The molecule has 0 aromatic carbocycles. The van der Waals surface area contributed by atoms with E-state index in [-0.39, 0.29) is 12.4 Å². The largest absolute Gasteiger partial charge is 0.350 e. The van der Waals surface area contributed by atoms with Crippen LogP contribution in [-0.4, -0.2) is 17.9 Å². The quantitative estimate of drug-likeness (QED) is 0.637. The van der Waals surface area contributed by atoms with Crippen LogP contribution in [0, 0.1) is 0 Å². The first-order valence-electron chi connectivity index (χ1n) is 4.09. The maximum atomic E-state index is 5.28. The van der Waals surface area contributed by atoms with Gasteiger partial charge in [0.15, 0.2) is 6.29 Å². The lowest BCUT2D eigenvalue weighted by molar-refractivity contribution is 0.0593. The van der Waals surface area contributed by atoms with Crippen molar-refractivity contribution in [2.75, 3.05) is 6.61 Å². The van der Waals surface area contributed by atoms with E-state index < -0.39 is 0 Å². The molecule has 12 heavy (non-hydrogen) atoms. The highest BCUT2D eigenvalue weighted by atomic mass is 16.8. The average Bonchev–Trinajstić information content (AvgIpc) is 2.87. The summed E-state index contributed by atoms with van der Waals surface area (Å²) < 4.78 is 10.6. The highest BCUT2D eigenvalue weighted by Gasteiger charge is 2.41. The van der Waals surface area contributed by atoms with Crippen molar-refractivity contribution in [3.8, 4) is 0 Å². The highest BCUT2D eigenvalue weighted by molar-refractivity contribution is 5.16. The zero-order valence-corrected chi connectivity index (χ0v) is 6.93. The molecule has 0 radical (unpaired) electrons. The standard InChI is InChI=1S/C9H11NO2/c1-2-11-9-8(12-9)7-4-3-5-10-6-7/h3-6,8-9H,2H2,1H3. The van der Waals surface area contributed by atoms with Crippen molar-refractivity contribution in [1.29, 1.82) is 0 Å². The molecular weight excluding hydrogens is 154 g/mol. The first kappa shape index (κ1) is 7.71. The Balaban J connectivity index is 1.97. The van der Waals surface area contributed by atoms with Crippen LogP contribution in [0.2, 0.25) is 0 Å². The molecule has 0 spiro atoms. The molecule has 3 nitrogen and oxygen atoms in total. The van der Waals surface area contributed by atoms with Gasteiger partial charge in [-0.25, -0.2) is 0 Å². The van der Waals surface area contributed by atoms with E-state index in [1.165, 1.54) is 0 Å². The summed E-state index contributed by atoms with van der Waals surface area (Å²) in [6.45, 7) is 2.66. The van der Waals surface area contributed by atoms with Crippen molar-refractivity contribution >= 4 is 0 Å². The molecule has 0 bridgehead atoms. The number of ether oxygens (including phenoxy) is 2.